The molecule has 6 rings (SSSR count). The molecule has 1 fully saturated rings. The summed E-state index contributed by atoms with van der Waals surface area (Å²) in [6.07, 6.45) is -0.732. The van der Waals surface area contributed by atoms with Crippen LogP contribution in [0.5, 0.6) is 0 Å². The van der Waals surface area contributed by atoms with Gasteiger partial charge in [0.25, 0.3) is 5.56 Å². The molecule has 4 atom stereocenters. The average Bonchev–Trinajstić information content (AvgIpc) is 3.47. The molecule has 0 amide bonds. The summed E-state index contributed by atoms with van der Waals surface area (Å²) in [6.45, 7) is 1.75. The molecule has 9 nitrogen and oxygen atoms in total. The lowest BCUT2D eigenvalue weighted by Crippen LogP contribution is -2.49. The third-order valence-corrected chi connectivity index (χ3v) is 11.0. The van der Waals surface area contributed by atoms with Crippen molar-refractivity contribution in [3.63, 3.8) is 0 Å². The molecule has 47 heavy (non-hydrogen) atoms. The smallest absolute Gasteiger partial charge is 0.330 e. The molecule has 0 spiro atoms. The fourth-order valence-corrected chi connectivity index (χ4v) is 8.62. The molecule has 1 aliphatic rings. The minimum atomic E-state index is -4.06. The first-order valence-corrected chi connectivity index (χ1v) is 16.9. The highest BCUT2D eigenvalue weighted by Gasteiger charge is 2.54. The van der Waals surface area contributed by atoms with Crippen molar-refractivity contribution in [3.8, 4) is 0 Å². The first-order chi connectivity index (χ1) is 22.6. The van der Waals surface area contributed by atoms with Gasteiger partial charge in [-0.1, -0.05) is 109 Å². The van der Waals surface area contributed by atoms with Crippen LogP contribution < -0.4 is 11.2 Å². The molecule has 242 valence electrons. The number of rotatable bonds is 10. The van der Waals surface area contributed by atoms with Gasteiger partial charge in [0.1, 0.15) is 17.0 Å². The maximum atomic E-state index is 14.6. The van der Waals surface area contributed by atoms with Crippen molar-refractivity contribution < 1.29 is 17.9 Å². The van der Waals surface area contributed by atoms with Gasteiger partial charge in [-0.05, 0) is 49.8 Å². The summed E-state index contributed by atoms with van der Waals surface area (Å²) >= 11 is 0. The maximum absolute atomic E-state index is 14.6. The van der Waals surface area contributed by atoms with Crippen molar-refractivity contribution in [3.05, 3.63) is 171 Å². The van der Waals surface area contributed by atoms with E-state index in [1.54, 1.807) is 43.3 Å². The number of aromatic amines is 1. The second-order valence-electron chi connectivity index (χ2n) is 11.9. The van der Waals surface area contributed by atoms with E-state index in [1.807, 2.05) is 97.9 Å². The molecule has 0 radical (unpaired) electrons. The highest BCUT2D eigenvalue weighted by Crippen LogP contribution is 2.43. The van der Waals surface area contributed by atoms with Crippen molar-refractivity contribution in [2.75, 3.05) is 20.7 Å². The van der Waals surface area contributed by atoms with E-state index >= 15 is 0 Å². The summed E-state index contributed by atoms with van der Waals surface area (Å²) in [7, 11) is -0.555. The van der Waals surface area contributed by atoms with Crippen molar-refractivity contribution in [2.45, 2.75) is 41.0 Å². The zero-order valence-electron chi connectivity index (χ0n) is 26.4. The lowest BCUT2D eigenvalue weighted by molar-refractivity contribution is -0.0819. The molecular weight excluding hydrogens is 614 g/mol. The van der Waals surface area contributed by atoms with E-state index in [9.17, 15) is 18.0 Å². The van der Waals surface area contributed by atoms with Crippen LogP contribution in [0.4, 0.5) is 0 Å². The number of aromatic nitrogens is 2. The number of nitrogens with one attached hydrogen (secondary N) is 1. The number of ether oxygens (including phenoxy) is 2. The zero-order chi connectivity index (χ0) is 33.2. The van der Waals surface area contributed by atoms with Gasteiger partial charge in [0, 0.05) is 12.3 Å². The van der Waals surface area contributed by atoms with Crippen molar-refractivity contribution in [1.29, 1.82) is 0 Å². The van der Waals surface area contributed by atoms with E-state index in [2.05, 4.69) is 4.98 Å². The number of hydrogen-bond acceptors (Lipinski definition) is 7. The van der Waals surface area contributed by atoms with Gasteiger partial charge in [0.05, 0.1) is 17.5 Å². The molecule has 1 aliphatic heterocycles. The summed E-state index contributed by atoms with van der Waals surface area (Å²) in [5.74, 6) is 0. The standard InChI is InChI=1S/C37H37N3O6S/c1-26-19-21-30(22-20-26)47(43,44)34-31(46-35(33(34)39(2)3)40-24-23-32(41)38-36(40)42)25-45-37(27-13-7-4-8-14-27,28-15-9-5-10-16-28)29-17-11-6-12-18-29/h4-24,31,33-35H,25H2,1-3H3,(H,38,41,42)/t31-,33-,34+,35-/m1/s1. The van der Waals surface area contributed by atoms with Crippen LogP contribution >= 0.6 is 0 Å². The number of aryl methyl sites for hydroxylation is 1. The van der Waals surface area contributed by atoms with Gasteiger partial charge in [-0.25, -0.2) is 13.2 Å². The Hall–Kier alpha value is -4.61. The number of hydrogen-bond donors (Lipinski definition) is 1. The molecule has 0 unspecified atom stereocenters. The fourth-order valence-electron chi connectivity index (χ4n) is 6.50. The highest BCUT2D eigenvalue weighted by atomic mass is 32.2. The predicted molar refractivity (Wildman–Crippen MR) is 180 cm³/mol. The Labute approximate surface area is 274 Å². The van der Waals surface area contributed by atoms with Gasteiger partial charge in [-0.15, -0.1) is 0 Å². The van der Waals surface area contributed by atoms with Gasteiger partial charge in [-0.2, -0.15) is 0 Å². The summed E-state index contributed by atoms with van der Waals surface area (Å²) in [6, 6.07) is 36.5. The fraction of sp³-hybridized carbons (Fsp3) is 0.243. The van der Waals surface area contributed by atoms with Crippen LogP contribution in [0.2, 0.25) is 0 Å². The first-order valence-electron chi connectivity index (χ1n) is 15.4. The van der Waals surface area contributed by atoms with Crippen molar-refractivity contribution in [1.82, 2.24) is 14.5 Å². The molecule has 10 heteroatoms. The van der Waals surface area contributed by atoms with E-state index in [4.69, 9.17) is 9.47 Å². The van der Waals surface area contributed by atoms with Crippen molar-refractivity contribution >= 4 is 9.84 Å². The Morgan fingerprint density at radius 3 is 1.77 bits per heavy atom. The van der Waals surface area contributed by atoms with Crippen LogP contribution in [-0.2, 0) is 24.9 Å². The highest BCUT2D eigenvalue weighted by molar-refractivity contribution is 7.92. The SMILES string of the molecule is Cc1ccc(S(=O)(=O)[C@@H]2[C@@H](N(C)C)[C@H](n3ccc(=O)[nH]c3=O)O[C@@H]2COC(c2ccccc2)(c2ccccc2)c2ccccc2)cc1. The third-order valence-electron chi connectivity index (χ3n) is 8.74. The van der Waals surface area contributed by atoms with E-state index in [0.717, 1.165) is 22.3 Å². The Balaban J connectivity index is 1.51. The summed E-state index contributed by atoms with van der Waals surface area (Å²) in [4.78, 5) is 29.2. The molecule has 5 aromatic rings. The largest absolute Gasteiger partial charge is 0.358 e. The van der Waals surface area contributed by atoms with Crippen LogP contribution in [0.3, 0.4) is 0 Å². The second-order valence-corrected chi connectivity index (χ2v) is 14.1. The summed E-state index contributed by atoms with van der Waals surface area (Å²) < 4.78 is 44.1. The van der Waals surface area contributed by atoms with Crippen molar-refractivity contribution in [2.24, 2.45) is 0 Å². The minimum absolute atomic E-state index is 0.142. The topological polar surface area (TPSA) is 111 Å². The Morgan fingerprint density at radius 1 is 0.787 bits per heavy atom. The normalized spacial score (nSPS) is 20.0. The molecule has 4 aromatic carbocycles. The van der Waals surface area contributed by atoms with Crippen LogP contribution in [0.1, 0.15) is 28.5 Å². The Morgan fingerprint density at radius 2 is 1.30 bits per heavy atom. The molecular formula is C37H37N3O6S. The lowest BCUT2D eigenvalue weighted by Gasteiger charge is -2.37. The second kappa shape index (κ2) is 13.2. The molecule has 0 saturated carbocycles. The molecule has 0 aliphatic carbocycles. The van der Waals surface area contributed by atoms with Gasteiger partial charge in [0.2, 0.25) is 0 Å². The first kappa shape index (κ1) is 32.3. The molecule has 1 aromatic heterocycles. The summed E-state index contributed by atoms with van der Waals surface area (Å²) in [5.41, 5.74) is 1.09. The van der Waals surface area contributed by atoms with E-state index in [1.165, 1.54) is 16.8 Å². The van der Waals surface area contributed by atoms with Crippen LogP contribution in [-0.4, -0.2) is 61.0 Å². The van der Waals surface area contributed by atoms with E-state index < -0.39 is 50.3 Å². The number of nitrogens with zero attached hydrogens (tertiary/aromatic N) is 2. The third kappa shape index (κ3) is 6.13. The Kier molecular flexibility index (Phi) is 9.11. The van der Waals surface area contributed by atoms with Crippen LogP contribution in [0.15, 0.2) is 142 Å². The quantitative estimate of drug-likeness (QED) is 0.221. The molecule has 1 saturated heterocycles. The van der Waals surface area contributed by atoms with Gasteiger partial charge in [0.15, 0.2) is 16.1 Å². The molecule has 0 bridgehead atoms. The Bertz CT molecular complexity index is 1930. The van der Waals surface area contributed by atoms with Crippen LogP contribution in [0, 0.1) is 6.92 Å². The molecule has 2 heterocycles. The minimum Gasteiger partial charge on any atom is -0.358 e. The number of likely N-dealkylation sites (N-methyl/N-ethyl adjacent to an activating group) is 1. The number of sulfone groups is 1. The number of benzene rings is 4. The lowest BCUT2D eigenvalue weighted by atomic mass is 9.80. The summed E-state index contributed by atoms with van der Waals surface area (Å²) in [5, 5.41) is -1.15. The zero-order valence-corrected chi connectivity index (χ0v) is 27.2. The van der Waals surface area contributed by atoms with E-state index in [0.29, 0.717) is 0 Å². The average molecular weight is 652 g/mol. The van der Waals surface area contributed by atoms with Crippen LogP contribution in [0.25, 0.3) is 0 Å². The molecule has 1 N–H and O–H groups in total. The maximum Gasteiger partial charge on any atom is 0.330 e. The monoisotopic (exact) mass is 651 g/mol. The van der Waals surface area contributed by atoms with E-state index in [-0.39, 0.29) is 11.5 Å². The van der Waals surface area contributed by atoms with Gasteiger partial charge >= 0.3 is 5.69 Å². The van der Waals surface area contributed by atoms with Gasteiger partial charge in [-0.3, -0.25) is 14.3 Å². The number of H-pyrrole nitrogens is 1. The van der Waals surface area contributed by atoms with Gasteiger partial charge < -0.3 is 14.4 Å². The predicted octanol–water partition coefficient (Wildman–Crippen LogP) is 4.52.